The molecule has 1 aliphatic heterocycles. The van der Waals surface area contributed by atoms with Crippen molar-refractivity contribution in [2.45, 2.75) is 20.1 Å². The fraction of sp³-hybridized carbons (Fsp3) is 0.154. The molecule has 0 saturated heterocycles. The first-order chi connectivity index (χ1) is 18.2. The number of ether oxygens (including phenoxy) is 3. The van der Waals surface area contributed by atoms with E-state index in [-0.39, 0.29) is 28.6 Å². The number of para-hydroxylation sites is 2. The standard InChI is InChI=1S/C26H22N4O8/c1-15(31)29-26(20-8-6-10-22(36-3)23(20)37-16(2)32)38-25(28-29)19-7-4-5-9-21(19)27-24(33)17-11-13-18(14-12-17)30(34)35/h4-14,26H,1-3H3,(H,27,33). The Balaban J connectivity index is 1.66. The predicted molar refractivity (Wildman–Crippen MR) is 135 cm³/mol. The number of benzene rings is 3. The van der Waals surface area contributed by atoms with Gasteiger partial charge in [0.25, 0.3) is 11.6 Å². The van der Waals surface area contributed by atoms with Crippen LogP contribution in [0.15, 0.2) is 71.8 Å². The molecule has 0 aliphatic carbocycles. The molecule has 0 bridgehead atoms. The molecule has 1 N–H and O–H groups in total. The van der Waals surface area contributed by atoms with E-state index in [1.165, 1.54) is 45.2 Å². The van der Waals surface area contributed by atoms with Crippen LogP contribution < -0.4 is 14.8 Å². The van der Waals surface area contributed by atoms with Gasteiger partial charge in [-0.15, -0.1) is 5.10 Å². The van der Waals surface area contributed by atoms with Gasteiger partial charge in [0.2, 0.25) is 18.0 Å². The number of nitro groups is 1. The predicted octanol–water partition coefficient (Wildman–Crippen LogP) is 4.02. The van der Waals surface area contributed by atoms with Crippen molar-refractivity contribution >= 4 is 35.1 Å². The van der Waals surface area contributed by atoms with Crippen LogP contribution in [-0.4, -0.2) is 40.7 Å². The van der Waals surface area contributed by atoms with Gasteiger partial charge in [0, 0.05) is 31.5 Å². The third kappa shape index (κ3) is 5.28. The summed E-state index contributed by atoms with van der Waals surface area (Å²) in [6, 6.07) is 16.6. The molecule has 0 saturated carbocycles. The van der Waals surface area contributed by atoms with Crippen molar-refractivity contribution in [3.8, 4) is 11.5 Å². The van der Waals surface area contributed by atoms with Crippen LogP contribution in [0.1, 0.15) is 41.6 Å². The SMILES string of the molecule is COc1cccc(C2OC(c3ccccc3NC(=O)c3ccc([N+](=O)[O-])cc3)=NN2C(C)=O)c1OC(C)=O. The maximum absolute atomic E-state index is 12.9. The number of esters is 1. The molecule has 1 aliphatic rings. The molecular formula is C26H22N4O8. The number of nitrogens with zero attached hydrogens (tertiary/aromatic N) is 3. The number of rotatable bonds is 7. The molecule has 0 spiro atoms. The lowest BCUT2D eigenvalue weighted by Gasteiger charge is -2.22. The Bertz CT molecular complexity index is 1450. The second kappa shape index (κ2) is 10.8. The molecule has 12 nitrogen and oxygen atoms in total. The highest BCUT2D eigenvalue weighted by Crippen LogP contribution is 2.41. The minimum atomic E-state index is -1.09. The molecular weight excluding hydrogens is 496 g/mol. The molecule has 2 amide bonds. The largest absolute Gasteiger partial charge is 0.493 e. The molecule has 12 heteroatoms. The smallest absolute Gasteiger partial charge is 0.308 e. The maximum Gasteiger partial charge on any atom is 0.308 e. The van der Waals surface area contributed by atoms with E-state index in [1.807, 2.05) is 0 Å². The summed E-state index contributed by atoms with van der Waals surface area (Å²) in [5.74, 6) is -1.20. The number of methoxy groups -OCH3 is 1. The first-order valence-corrected chi connectivity index (χ1v) is 11.2. The van der Waals surface area contributed by atoms with Crippen LogP contribution in [0.25, 0.3) is 0 Å². The van der Waals surface area contributed by atoms with Crippen LogP contribution in [0.5, 0.6) is 11.5 Å². The summed E-state index contributed by atoms with van der Waals surface area (Å²) in [6.45, 7) is 2.54. The van der Waals surface area contributed by atoms with Gasteiger partial charge < -0.3 is 19.5 Å². The van der Waals surface area contributed by atoms with Crippen LogP contribution in [-0.2, 0) is 14.3 Å². The molecule has 3 aromatic carbocycles. The van der Waals surface area contributed by atoms with Crippen LogP contribution in [0.4, 0.5) is 11.4 Å². The molecule has 1 heterocycles. The second-order valence-corrected chi connectivity index (χ2v) is 8.01. The van der Waals surface area contributed by atoms with Crippen molar-refractivity contribution in [2.24, 2.45) is 5.10 Å². The first-order valence-electron chi connectivity index (χ1n) is 11.2. The van der Waals surface area contributed by atoms with Crippen molar-refractivity contribution < 1.29 is 33.5 Å². The number of nitro benzene ring substituents is 1. The third-order valence-electron chi connectivity index (χ3n) is 5.45. The minimum absolute atomic E-state index is 0.0291. The number of hydrogen-bond acceptors (Lipinski definition) is 9. The zero-order chi connectivity index (χ0) is 27.4. The Morgan fingerprint density at radius 1 is 1.03 bits per heavy atom. The highest BCUT2D eigenvalue weighted by Gasteiger charge is 2.37. The topological polar surface area (TPSA) is 150 Å². The molecule has 4 rings (SSSR count). The van der Waals surface area contributed by atoms with Gasteiger partial charge in [0.15, 0.2) is 11.5 Å². The van der Waals surface area contributed by atoms with E-state index in [0.29, 0.717) is 16.8 Å². The zero-order valence-electron chi connectivity index (χ0n) is 20.5. The summed E-state index contributed by atoms with van der Waals surface area (Å²) in [5.41, 5.74) is 1.07. The van der Waals surface area contributed by atoms with Gasteiger partial charge in [0.05, 0.1) is 28.8 Å². The Morgan fingerprint density at radius 2 is 1.74 bits per heavy atom. The lowest BCUT2D eigenvalue weighted by molar-refractivity contribution is -0.384. The van der Waals surface area contributed by atoms with Gasteiger partial charge in [-0.1, -0.05) is 18.2 Å². The van der Waals surface area contributed by atoms with Gasteiger partial charge in [-0.25, -0.2) is 0 Å². The highest BCUT2D eigenvalue weighted by molar-refractivity contribution is 6.09. The number of nitrogens with one attached hydrogen (secondary N) is 1. The number of non-ortho nitro benzene ring substituents is 1. The van der Waals surface area contributed by atoms with Crippen LogP contribution in [0, 0.1) is 10.1 Å². The molecule has 0 aromatic heterocycles. The van der Waals surface area contributed by atoms with Gasteiger partial charge in [-0.05, 0) is 36.4 Å². The molecule has 0 radical (unpaired) electrons. The van der Waals surface area contributed by atoms with Crippen molar-refractivity contribution in [3.63, 3.8) is 0 Å². The van der Waals surface area contributed by atoms with Crippen molar-refractivity contribution in [3.05, 3.63) is 93.5 Å². The van der Waals surface area contributed by atoms with Crippen molar-refractivity contribution in [1.82, 2.24) is 5.01 Å². The van der Waals surface area contributed by atoms with E-state index >= 15 is 0 Å². The number of hydrogen-bond donors (Lipinski definition) is 1. The van der Waals surface area contributed by atoms with E-state index in [9.17, 15) is 24.5 Å². The van der Waals surface area contributed by atoms with E-state index in [0.717, 1.165) is 5.01 Å². The quantitative estimate of drug-likeness (QED) is 0.213. The molecule has 38 heavy (non-hydrogen) atoms. The molecule has 194 valence electrons. The Labute approximate surface area is 216 Å². The van der Waals surface area contributed by atoms with E-state index < -0.39 is 28.9 Å². The van der Waals surface area contributed by atoms with Gasteiger partial charge >= 0.3 is 5.97 Å². The first kappa shape index (κ1) is 25.8. The number of hydrazone groups is 1. The average Bonchev–Trinajstić information content (AvgIpc) is 3.34. The Hall–Kier alpha value is -5.26. The Kier molecular flexibility index (Phi) is 7.33. The average molecular weight is 518 g/mol. The Morgan fingerprint density at radius 3 is 2.37 bits per heavy atom. The van der Waals surface area contributed by atoms with Crippen LogP contribution in [0.2, 0.25) is 0 Å². The summed E-state index contributed by atoms with van der Waals surface area (Å²) < 4.78 is 16.8. The van der Waals surface area contributed by atoms with E-state index in [1.54, 1.807) is 42.5 Å². The van der Waals surface area contributed by atoms with Crippen molar-refractivity contribution in [1.29, 1.82) is 0 Å². The maximum atomic E-state index is 12.9. The van der Waals surface area contributed by atoms with Gasteiger partial charge in [0.1, 0.15) is 0 Å². The molecule has 1 atom stereocenters. The number of carbonyl (C=O) groups is 3. The summed E-state index contributed by atoms with van der Waals surface area (Å²) in [4.78, 5) is 47.5. The zero-order valence-corrected chi connectivity index (χ0v) is 20.5. The summed E-state index contributed by atoms with van der Waals surface area (Å²) in [5, 5.41) is 19.1. The van der Waals surface area contributed by atoms with Gasteiger partial charge in [-0.3, -0.25) is 24.5 Å². The molecule has 1 unspecified atom stereocenters. The fourth-order valence-electron chi connectivity index (χ4n) is 3.73. The lowest BCUT2D eigenvalue weighted by Crippen LogP contribution is -2.26. The second-order valence-electron chi connectivity index (χ2n) is 8.01. The van der Waals surface area contributed by atoms with Gasteiger partial charge in [-0.2, -0.15) is 5.01 Å². The summed E-state index contributed by atoms with van der Waals surface area (Å²) in [7, 11) is 1.41. The normalized spacial score (nSPS) is 14.2. The lowest BCUT2D eigenvalue weighted by atomic mass is 10.1. The summed E-state index contributed by atoms with van der Waals surface area (Å²) in [6.07, 6.45) is -1.09. The molecule has 0 fully saturated rings. The number of amides is 2. The minimum Gasteiger partial charge on any atom is -0.493 e. The monoisotopic (exact) mass is 518 g/mol. The number of carbonyl (C=O) groups excluding carboxylic acids is 3. The fourth-order valence-corrected chi connectivity index (χ4v) is 3.73. The third-order valence-corrected chi connectivity index (χ3v) is 5.45. The number of anilines is 1. The summed E-state index contributed by atoms with van der Waals surface area (Å²) >= 11 is 0. The molecule has 3 aromatic rings. The van der Waals surface area contributed by atoms with Crippen LogP contribution in [0.3, 0.4) is 0 Å². The van der Waals surface area contributed by atoms with Crippen molar-refractivity contribution in [2.75, 3.05) is 12.4 Å². The highest BCUT2D eigenvalue weighted by atomic mass is 16.6. The van der Waals surface area contributed by atoms with Crippen LogP contribution >= 0.6 is 0 Å². The van der Waals surface area contributed by atoms with E-state index in [2.05, 4.69) is 10.4 Å². The van der Waals surface area contributed by atoms with E-state index in [4.69, 9.17) is 14.2 Å².